The van der Waals surface area contributed by atoms with Crippen LogP contribution in [0.25, 0.3) is 0 Å². The zero-order valence-electron chi connectivity index (χ0n) is 21.3. The Labute approximate surface area is 215 Å². The summed E-state index contributed by atoms with van der Waals surface area (Å²) in [6.45, 7) is 9.37. The van der Waals surface area contributed by atoms with Gasteiger partial charge in [0.1, 0.15) is 0 Å². The van der Waals surface area contributed by atoms with E-state index in [2.05, 4.69) is 0 Å². The van der Waals surface area contributed by atoms with Crippen LogP contribution in [0.5, 0.6) is 0 Å². The zero-order valence-corrected chi connectivity index (χ0v) is 22.9. The number of halogens is 1. The molecule has 35 heavy (non-hydrogen) atoms. The van der Waals surface area contributed by atoms with Crippen LogP contribution in [0, 0.1) is 28.6 Å². The lowest BCUT2D eigenvalue weighted by Crippen LogP contribution is -2.70. The lowest BCUT2D eigenvalue weighted by atomic mass is 9.44. The molecule has 0 unspecified atom stereocenters. The number of fused-ring (bicyclic) bond motifs is 5. The summed E-state index contributed by atoms with van der Waals surface area (Å²) in [6, 6.07) is 0. The summed E-state index contributed by atoms with van der Waals surface area (Å²) < 4.78 is 23.5. The molecule has 0 saturated heterocycles. The van der Waals surface area contributed by atoms with Crippen LogP contribution in [0.2, 0.25) is 0 Å². The fourth-order valence-electron chi connectivity index (χ4n) is 7.94. The number of Topliss-reactive ketones (excluding diaryl/α,β-unsaturated/α-hetero) is 1. The lowest BCUT2D eigenvalue weighted by molar-refractivity contribution is -0.226. The average molecular weight is 525 g/mol. The van der Waals surface area contributed by atoms with E-state index in [1.54, 1.807) is 30.7 Å². The molecule has 194 valence electrons. The number of ether oxygens (including phenoxy) is 1. The molecule has 3 saturated carbocycles. The van der Waals surface area contributed by atoms with Crippen LogP contribution in [-0.2, 0) is 19.1 Å². The third-order valence-electron chi connectivity index (χ3n) is 9.55. The van der Waals surface area contributed by atoms with Gasteiger partial charge in [-0.2, -0.15) is 0 Å². The number of hydrogen-bond donors (Lipinski definition) is 1. The molecule has 5 nitrogen and oxygen atoms in total. The molecule has 0 aliphatic heterocycles. The largest absolute Gasteiger partial charge is 0.450 e. The van der Waals surface area contributed by atoms with Gasteiger partial charge in [-0.3, -0.25) is 14.4 Å². The highest BCUT2D eigenvalue weighted by atomic mass is 33.1. The van der Waals surface area contributed by atoms with Crippen molar-refractivity contribution in [3.63, 3.8) is 0 Å². The molecule has 4 aliphatic rings. The summed E-state index contributed by atoms with van der Waals surface area (Å²) in [7, 11) is 3.03. The van der Waals surface area contributed by atoms with Gasteiger partial charge in [-0.25, -0.2) is 4.39 Å². The highest BCUT2D eigenvalue weighted by Gasteiger charge is 2.77. The fourth-order valence-corrected chi connectivity index (χ4v) is 9.58. The number of alkyl halides is 1. The van der Waals surface area contributed by atoms with Crippen molar-refractivity contribution >= 4 is 39.1 Å². The van der Waals surface area contributed by atoms with Crippen molar-refractivity contribution in [3.8, 4) is 0 Å². The molecule has 0 spiro atoms. The second-order valence-electron chi connectivity index (χ2n) is 11.1. The predicted molar refractivity (Wildman–Crippen MR) is 138 cm³/mol. The van der Waals surface area contributed by atoms with E-state index in [1.165, 1.54) is 22.9 Å². The van der Waals surface area contributed by atoms with Gasteiger partial charge in [-0.05, 0) is 50.7 Å². The first kappa shape index (κ1) is 26.9. The summed E-state index contributed by atoms with van der Waals surface area (Å²) in [5.41, 5.74) is -4.62. The van der Waals surface area contributed by atoms with Gasteiger partial charge in [0.25, 0.3) is 0 Å². The molecule has 1 N–H and O–H groups in total. The van der Waals surface area contributed by atoms with Gasteiger partial charge in [-0.15, -0.1) is 0 Å². The highest BCUT2D eigenvalue weighted by Crippen LogP contribution is 2.71. The third kappa shape index (κ3) is 3.63. The van der Waals surface area contributed by atoms with Crippen molar-refractivity contribution in [2.24, 2.45) is 28.6 Å². The van der Waals surface area contributed by atoms with E-state index in [9.17, 15) is 19.5 Å². The normalized spacial score (nSPS) is 44.2. The van der Waals surface area contributed by atoms with E-state index in [1.807, 2.05) is 20.8 Å². The Morgan fingerprint density at radius 2 is 1.94 bits per heavy atom. The number of ketones is 2. The molecule has 0 heterocycles. The standard InChI is InChI=1S/C27H37FO5S2/c1-6-23(32)33-27(22(31)15-35-34-7-2)16(3)12-20-19-9-8-17-13-18(29)10-11-24(17,4)26(19,28)21(30)14-25(20,27)5/h10-11,13,16,19-21,30H,6-9,12,14-15H2,1-5H3/t16-,19-,20-,21-,24-,25-,26-,27-/m0/s1. The van der Waals surface area contributed by atoms with Gasteiger partial charge in [0.2, 0.25) is 0 Å². The number of hydrogen-bond acceptors (Lipinski definition) is 7. The number of carbonyl (C=O) groups excluding carboxylic acids is 3. The molecular formula is C27H37FO5S2. The third-order valence-corrected chi connectivity index (χ3v) is 11.9. The van der Waals surface area contributed by atoms with Crippen LogP contribution < -0.4 is 0 Å². The summed E-state index contributed by atoms with van der Waals surface area (Å²) in [6.07, 6.45) is 4.96. The summed E-state index contributed by atoms with van der Waals surface area (Å²) in [4.78, 5) is 38.6. The fraction of sp³-hybridized carbons (Fsp3) is 0.741. The Bertz CT molecular complexity index is 981. The van der Waals surface area contributed by atoms with E-state index in [0.29, 0.717) is 19.3 Å². The zero-order chi connectivity index (χ0) is 25.8. The molecule has 0 aromatic carbocycles. The molecule has 3 fully saturated rings. The molecule has 0 amide bonds. The monoisotopic (exact) mass is 524 g/mol. The first-order valence-electron chi connectivity index (χ1n) is 12.7. The minimum atomic E-state index is -1.97. The minimum absolute atomic E-state index is 0.0218. The minimum Gasteiger partial charge on any atom is -0.450 e. The van der Waals surface area contributed by atoms with E-state index in [-0.39, 0.29) is 42.0 Å². The second-order valence-corrected chi connectivity index (χ2v) is 13.8. The first-order chi connectivity index (χ1) is 16.4. The van der Waals surface area contributed by atoms with Gasteiger partial charge in [0.05, 0.1) is 11.9 Å². The Morgan fingerprint density at radius 3 is 2.60 bits per heavy atom. The van der Waals surface area contributed by atoms with Crippen LogP contribution in [0.4, 0.5) is 4.39 Å². The SMILES string of the molecule is CCSSCC(=O)[C@@]1(OC(=O)CC)[C@@H](C)C[C@H]2[C@@H]3CCC4=CC(=O)C=C[C@]4(C)[C@@]3(F)[C@@H](O)C[C@@]21C. The van der Waals surface area contributed by atoms with Gasteiger partial charge >= 0.3 is 5.97 Å². The Hall–Kier alpha value is -1.12. The molecule has 4 aliphatic carbocycles. The molecule has 4 rings (SSSR count). The lowest BCUT2D eigenvalue weighted by Gasteiger charge is -2.62. The summed E-state index contributed by atoms with van der Waals surface area (Å²) in [5.74, 6) is -0.755. The summed E-state index contributed by atoms with van der Waals surface area (Å²) >= 11 is 0. The predicted octanol–water partition coefficient (Wildman–Crippen LogP) is 5.27. The number of aliphatic hydroxyl groups is 1. The van der Waals surface area contributed by atoms with Gasteiger partial charge in [0, 0.05) is 34.8 Å². The Morgan fingerprint density at radius 1 is 1.23 bits per heavy atom. The van der Waals surface area contributed by atoms with Gasteiger partial charge < -0.3 is 9.84 Å². The smallest absolute Gasteiger partial charge is 0.306 e. The average Bonchev–Trinajstić information content (AvgIpc) is 3.02. The van der Waals surface area contributed by atoms with Crippen LogP contribution in [0.15, 0.2) is 23.8 Å². The maximum Gasteiger partial charge on any atom is 0.306 e. The molecule has 0 aromatic rings. The van der Waals surface area contributed by atoms with Crippen LogP contribution in [0.1, 0.15) is 66.7 Å². The molecule has 8 atom stereocenters. The van der Waals surface area contributed by atoms with Gasteiger partial charge in [-0.1, -0.05) is 60.9 Å². The Kier molecular flexibility index (Phi) is 7.17. The molecular weight excluding hydrogens is 487 g/mol. The number of allylic oxidation sites excluding steroid dienone is 4. The second kappa shape index (κ2) is 9.32. The van der Waals surface area contributed by atoms with Crippen molar-refractivity contribution in [2.45, 2.75) is 84.1 Å². The highest BCUT2D eigenvalue weighted by molar-refractivity contribution is 8.76. The van der Waals surface area contributed by atoms with Crippen molar-refractivity contribution in [2.75, 3.05) is 11.5 Å². The van der Waals surface area contributed by atoms with Crippen LogP contribution in [0.3, 0.4) is 0 Å². The maximum absolute atomic E-state index is 17.4. The van der Waals surface area contributed by atoms with E-state index in [4.69, 9.17) is 4.74 Å². The maximum atomic E-state index is 17.4. The van der Waals surface area contributed by atoms with E-state index in [0.717, 1.165) is 11.3 Å². The van der Waals surface area contributed by atoms with E-state index < -0.39 is 40.1 Å². The first-order valence-corrected chi connectivity index (χ1v) is 15.2. The van der Waals surface area contributed by atoms with Crippen molar-refractivity contribution in [3.05, 3.63) is 23.8 Å². The molecule has 0 bridgehead atoms. The topological polar surface area (TPSA) is 80.7 Å². The molecule has 8 heteroatoms. The molecule has 0 aromatic heterocycles. The van der Waals surface area contributed by atoms with Crippen molar-refractivity contribution in [1.82, 2.24) is 0 Å². The van der Waals surface area contributed by atoms with Gasteiger partial charge in [0.15, 0.2) is 22.8 Å². The van der Waals surface area contributed by atoms with E-state index >= 15 is 4.39 Å². The summed E-state index contributed by atoms with van der Waals surface area (Å²) in [5, 5.41) is 11.6. The number of carbonyl (C=O) groups is 3. The number of rotatable bonds is 7. The van der Waals surface area contributed by atoms with Crippen molar-refractivity contribution in [1.29, 1.82) is 0 Å². The van der Waals surface area contributed by atoms with Crippen LogP contribution >= 0.6 is 21.6 Å². The molecule has 0 radical (unpaired) electrons. The quantitative estimate of drug-likeness (QED) is 0.276. The van der Waals surface area contributed by atoms with Crippen molar-refractivity contribution < 1.29 is 28.6 Å². The Balaban J connectivity index is 1.80. The number of esters is 1. The van der Waals surface area contributed by atoms with Crippen LogP contribution in [-0.4, -0.2) is 51.5 Å². The number of aliphatic hydroxyl groups excluding tert-OH is 1.